The lowest BCUT2D eigenvalue weighted by Gasteiger charge is -2.15. The van der Waals surface area contributed by atoms with Crippen molar-refractivity contribution in [2.24, 2.45) is 0 Å². The van der Waals surface area contributed by atoms with Crippen molar-refractivity contribution in [3.8, 4) is 16.8 Å². The van der Waals surface area contributed by atoms with Crippen molar-refractivity contribution in [3.05, 3.63) is 174 Å². The van der Waals surface area contributed by atoms with Crippen molar-refractivity contribution >= 4 is 74.9 Å². The zero-order valence-electron chi connectivity index (χ0n) is 25.4. The maximum absolute atomic E-state index is 2.54. The second-order valence-electron chi connectivity index (χ2n) is 12.8. The van der Waals surface area contributed by atoms with E-state index in [0.717, 1.165) is 0 Å². The van der Waals surface area contributed by atoms with E-state index < -0.39 is 0 Å². The van der Waals surface area contributed by atoms with E-state index in [2.05, 4.69) is 162 Å². The molecule has 11 rings (SSSR count). The second kappa shape index (κ2) is 9.42. The summed E-state index contributed by atoms with van der Waals surface area (Å²) in [6.07, 6.45) is 0. The molecule has 1 nitrogen and oxygen atoms in total. The molecule has 0 amide bonds. The predicted octanol–water partition coefficient (Wildman–Crippen LogP) is 12.6. The number of benzene rings is 8. The largest absolute Gasteiger partial charge is 0.308 e. The molecule has 10 aromatic rings. The molecule has 2 heterocycles. The van der Waals surface area contributed by atoms with Crippen LogP contribution in [0.2, 0.25) is 0 Å². The van der Waals surface area contributed by atoms with Crippen molar-refractivity contribution < 1.29 is 0 Å². The number of nitrogens with zero attached hydrogens (tertiary/aromatic N) is 1. The van der Waals surface area contributed by atoms with E-state index in [-0.39, 0.29) is 5.92 Å². The van der Waals surface area contributed by atoms with Crippen LogP contribution in [-0.2, 0) is 0 Å². The standard InChI is InChI=1S/C45H27NS/c1-2-12-28-25-30(23-21-27(28)11-1)46-39-24-22-29(41-33-15-5-3-13-31(33)32-14-4-6-16-34(32)41)26-38(39)42-35-17-7-8-18-36(35)43-37-19-9-10-20-40(37)47-45(43)44(42)46/h1-26,41H. The Hall–Kier alpha value is -5.70. The van der Waals surface area contributed by atoms with E-state index in [1.807, 2.05) is 11.3 Å². The molecule has 0 bridgehead atoms. The molecule has 47 heavy (non-hydrogen) atoms. The smallest absolute Gasteiger partial charge is 0.0726 e. The molecule has 0 fully saturated rings. The van der Waals surface area contributed by atoms with Crippen LogP contribution in [0, 0.1) is 0 Å². The van der Waals surface area contributed by atoms with Crippen LogP contribution < -0.4 is 0 Å². The van der Waals surface area contributed by atoms with E-state index in [0.29, 0.717) is 0 Å². The lowest BCUT2D eigenvalue weighted by atomic mass is 9.88. The highest BCUT2D eigenvalue weighted by Gasteiger charge is 2.30. The van der Waals surface area contributed by atoms with Crippen molar-refractivity contribution in [1.82, 2.24) is 4.57 Å². The summed E-state index contributed by atoms with van der Waals surface area (Å²) in [5.74, 6) is 0.199. The zero-order chi connectivity index (χ0) is 30.6. The molecule has 0 unspecified atom stereocenters. The summed E-state index contributed by atoms with van der Waals surface area (Å²) in [5.41, 5.74) is 10.6. The van der Waals surface area contributed by atoms with Crippen LogP contribution in [0.1, 0.15) is 22.6 Å². The van der Waals surface area contributed by atoms with Gasteiger partial charge in [0.1, 0.15) is 0 Å². The molecule has 0 atom stereocenters. The first-order chi connectivity index (χ1) is 23.3. The van der Waals surface area contributed by atoms with Crippen molar-refractivity contribution in [2.45, 2.75) is 5.92 Å². The van der Waals surface area contributed by atoms with Gasteiger partial charge in [-0.3, -0.25) is 0 Å². The van der Waals surface area contributed by atoms with Gasteiger partial charge in [-0.15, -0.1) is 11.3 Å². The van der Waals surface area contributed by atoms with Gasteiger partial charge in [0.2, 0.25) is 0 Å². The van der Waals surface area contributed by atoms with Gasteiger partial charge in [0.15, 0.2) is 0 Å². The average molecular weight is 614 g/mol. The van der Waals surface area contributed by atoms with Gasteiger partial charge >= 0.3 is 0 Å². The maximum Gasteiger partial charge on any atom is 0.0726 e. The second-order valence-corrected chi connectivity index (χ2v) is 13.9. The predicted molar refractivity (Wildman–Crippen MR) is 202 cm³/mol. The zero-order valence-corrected chi connectivity index (χ0v) is 26.3. The van der Waals surface area contributed by atoms with Gasteiger partial charge in [0.25, 0.3) is 0 Å². The summed E-state index contributed by atoms with van der Waals surface area (Å²) in [6.45, 7) is 0. The number of thiophene rings is 1. The summed E-state index contributed by atoms with van der Waals surface area (Å²) < 4.78 is 5.22. The Kier molecular flexibility index (Phi) is 5.11. The van der Waals surface area contributed by atoms with E-state index >= 15 is 0 Å². The first-order valence-electron chi connectivity index (χ1n) is 16.3. The van der Waals surface area contributed by atoms with Gasteiger partial charge in [-0.2, -0.15) is 0 Å². The normalized spacial score (nSPS) is 13.0. The molecule has 2 heteroatoms. The fraction of sp³-hybridized carbons (Fsp3) is 0.0222. The molecule has 0 spiro atoms. The fourth-order valence-corrected chi connectivity index (χ4v) is 9.73. The Balaban J connectivity index is 1.32. The first-order valence-corrected chi connectivity index (χ1v) is 17.1. The third kappa shape index (κ3) is 3.43. The summed E-state index contributed by atoms with van der Waals surface area (Å²) >= 11 is 1.92. The number of rotatable bonds is 2. The lowest BCUT2D eigenvalue weighted by Crippen LogP contribution is -1.99. The van der Waals surface area contributed by atoms with Crippen LogP contribution in [0.25, 0.3) is 80.3 Å². The minimum Gasteiger partial charge on any atom is -0.308 e. The van der Waals surface area contributed by atoms with Crippen molar-refractivity contribution in [1.29, 1.82) is 0 Å². The Morgan fingerprint density at radius 2 is 1.11 bits per heavy atom. The molecule has 0 saturated heterocycles. The monoisotopic (exact) mass is 613 g/mol. The SMILES string of the molecule is c1ccc2c(c1)-c1ccccc1C2c1ccc2c(c1)c1c3ccccc3c3c4ccccc4sc3c1n2-c1ccc2ccccc2c1. The van der Waals surface area contributed by atoms with Gasteiger partial charge in [-0.1, -0.05) is 127 Å². The first kappa shape index (κ1) is 25.5. The highest BCUT2D eigenvalue weighted by atomic mass is 32.1. The van der Waals surface area contributed by atoms with Gasteiger partial charge in [-0.25, -0.2) is 0 Å². The van der Waals surface area contributed by atoms with Gasteiger partial charge in [-0.05, 0) is 79.7 Å². The van der Waals surface area contributed by atoms with Crippen molar-refractivity contribution in [2.75, 3.05) is 0 Å². The number of fused-ring (bicyclic) bond motifs is 14. The Morgan fingerprint density at radius 1 is 0.468 bits per heavy atom. The Bertz CT molecular complexity index is 2880. The molecule has 0 aliphatic heterocycles. The number of aromatic nitrogens is 1. The molecule has 0 saturated carbocycles. The Morgan fingerprint density at radius 3 is 1.89 bits per heavy atom. The van der Waals surface area contributed by atoms with E-state index in [1.54, 1.807) is 0 Å². The maximum atomic E-state index is 2.54. The van der Waals surface area contributed by atoms with Crippen molar-refractivity contribution in [3.63, 3.8) is 0 Å². The molecular formula is C45H27NS. The molecular weight excluding hydrogens is 587 g/mol. The van der Waals surface area contributed by atoms with Crippen LogP contribution >= 0.6 is 11.3 Å². The highest BCUT2D eigenvalue weighted by Crippen LogP contribution is 2.51. The van der Waals surface area contributed by atoms with Gasteiger partial charge in [0.05, 0.1) is 15.7 Å². The third-order valence-corrected chi connectivity index (χ3v) is 11.6. The quantitative estimate of drug-likeness (QED) is 0.183. The molecule has 8 aromatic carbocycles. The fourth-order valence-electron chi connectivity index (χ4n) is 8.47. The molecule has 0 radical (unpaired) electrons. The number of hydrogen-bond acceptors (Lipinski definition) is 1. The van der Waals surface area contributed by atoms with Crippen LogP contribution in [0.5, 0.6) is 0 Å². The van der Waals surface area contributed by atoms with E-state index in [9.17, 15) is 0 Å². The lowest BCUT2D eigenvalue weighted by molar-refractivity contribution is 1.02. The van der Waals surface area contributed by atoms with E-state index in [1.165, 1.54) is 97.0 Å². The molecule has 2 aromatic heterocycles. The van der Waals surface area contributed by atoms with Crippen LogP contribution in [0.4, 0.5) is 0 Å². The molecule has 0 N–H and O–H groups in total. The minimum atomic E-state index is 0.199. The molecule has 1 aliphatic rings. The molecule has 218 valence electrons. The summed E-state index contributed by atoms with van der Waals surface area (Å²) in [6, 6.07) is 58.8. The van der Waals surface area contributed by atoms with Gasteiger partial charge < -0.3 is 4.57 Å². The highest BCUT2D eigenvalue weighted by molar-refractivity contribution is 7.27. The Labute approximate surface area is 275 Å². The van der Waals surface area contributed by atoms with Crippen LogP contribution in [0.15, 0.2) is 158 Å². The van der Waals surface area contributed by atoms with Crippen LogP contribution in [0.3, 0.4) is 0 Å². The summed E-state index contributed by atoms with van der Waals surface area (Å²) in [5, 5.41) is 10.5. The van der Waals surface area contributed by atoms with E-state index in [4.69, 9.17) is 0 Å². The minimum absolute atomic E-state index is 0.199. The molecule has 1 aliphatic carbocycles. The van der Waals surface area contributed by atoms with Gasteiger partial charge in [0, 0.05) is 37.9 Å². The third-order valence-electron chi connectivity index (χ3n) is 10.4. The number of hydrogen-bond donors (Lipinski definition) is 0. The summed E-state index contributed by atoms with van der Waals surface area (Å²) in [7, 11) is 0. The van der Waals surface area contributed by atoms with Crippen LogP contribution in [-0.4, -0.2) is 4.57 Å². The summed E-state index contributed by atoms with van der Waals surface area (Å²) in [4.78, 5) is 0. The topological polar surface area (TPSA) is 4.93 Å². The average Bonchev–Trinajstić information content (AvgIpc) is 3.79.